The first-order valence-electron chi connectivity index (χ1n) is 13.0. The molecule has 7 nitrogen and oxygen atoms in total. The maximum atomic E-state index is 12.9. The number of aromatic nitrogens is 1. The number of benzene rings is 1. The predicted molar refractivity (Wildman–Crippen MR) is 154 cm³/mol. The highest BCUT2D eigenvalue weighted by Gasteiger charge is 2.31. The number of amides is 2. The van der Waals surface area contributed by atoms with Crippen LogP contribution >= 0.6 is 22.7 Å². The van der Waals surface area contributed by atoms with Crippen molar-refractivity contribution in [2.24, 2.45) is 0 Å². The fraction of sp³-hybridized carbons (Fsp3) is 0.536. The van der Waals surface area contributed by atoms with Crippen molar-refractivity contribution in [2.75, 3.05) is 18.4 Å². The molecule has 0 fully saturated rings. The first kappa shape index (κ1) is 27.5. The Bertz CT molecular complexity index is 1270. The minimum Gasteiger partial charge on any atom is -0.444 e. The Morgan fingerprint density at radius 3 is 2.62 bits per heavy atom. The highest BCUT2D eigenvalue weighted by Crippen LogP contribution is 2.46. The smallest absolute Gasteiger partial charge is 0.410 e. The molecule has 2 N–H and O–H groups in total. The van der Waals surface area contributed by atoms with Crippen molar-refractivity contribution in [1.82, 2.24) is 15.2 Å². The van der Waals surface area contributed by atoms with E-state index in [1.54, 1.807) is 27.6 Å². The summed E-state index contributed by atoms with van der Waals surface area (Å²) in [6.45, 7) is 15.8. The van der Waals surface area contributed by atoms with Crippen molar-refractivity contribution < 1.29 is 14.3 Å². The summed E-state index contributed by atoms with van der Waals surface area (Å²) in [5, 5.41) is 8.29. The molecule has 2 amide bonds. The van der Waals surface area contributed by atoms with Gasteiger partial charge in [-0.3, -0.25) is 4.79 Å². The van der Waals surface area contributed by atoms with E-state index in [2.05, 4.69) is 50.5 Å². The normalized spacial score (nSPS) is 14.5. The number of hydrogen-bond donors (Lipinski definition) is 2. The van der Waals surface area contributed by atoms with Crippen LogP contribution in [-0.4, -0.2) is 46.6 Å². The zero-order valence-electron chi connectivity index (χ0n) is 22.9. The highest BCUT2D eigenvalue weighted by molar-refractivity contribution is 7.23. The van der Waals surface area contributed by atoms with Crippen molar-refractivity contribution in [1.29, 1.82) is 0 Å². The Morgan fingerprint density at radius 2 is 1.92 bits per heavy atom. The van der Waals surface area contributed by atoms with Crippen LogP contribution in [0.1, 0.15) is 69.0 Å². The molecule has 0 spiro atoms. The lowest BCUT2D eigenvalue weighted by molar-refractivity contribution is -0.116. The predicted octanol–water partition coefficient (Wildman–Crippen LogP) is 6.65. The van der Waals surface area contributed by atoms with Gasteiger partial charge < -0.3 is 20.3 Å². The second kappa shape index (κ2) is 11.1. The number of fused-ring (bicyclic) bond motifs is 2. The van der Waals surface area contributed by atoms with E-state index in [9.17, 15) is 9.59 Å². The van der Waals surface area contributed by atoms with Crippen molar-refractivity contribution in [3.63, 3.8) is 0 Å². The lowest BCUT2D eigenvalue weighted by Crippen LogP contribution is -2.39. The Morgan fingerprint density at radius 1 is 1.19 bits per heavy atom. The van der Waals surface area contributed by atoms with E-state index >= 15 is 0 Å². The highest BCUT2D eigenvalue weighted by atomic mass is 32.1. The quantitative estimate of drug-likeness (QED) is 0.349. The van der Waals surface area contributed by atoms with Gasteiger partial charge in [-0.15, -0.1) is 22.7 Å². The molecule has 0 radical (unpaired) electrons. The summed E-state index contributed by atoms with van der Waals surface area (Å²) < 4.78 is 6.76. The van der Waals surface area contributed by atoms with Crippen LogP contribution in [0.5, 0.6) is 0 Å². The zero-order valence-corrected chi connectivity index (χ0v) is 24.5. The molecule has 1 aliphatic rings. The van der Waals surface area contributed by atoms with Gasteiger partial charge in [-0.1, -0.05) is 6.92 Å². The third-order valence-electron chi connectivity index (χ3n) is 6.64. The molecule has 3 heterocycles. The zero-order chi connectivity index (χ0) is 26.9. The van der Waals surface area contributed by atoms with Gasteiger partial charge in [-0.2, -0.15) is 0 Å². The van der Waals surface area contributed by atoms with Crippen molar-refractivity contribution in [3.05, 3.63) is 33.7 Å². The second-order valence-electron chi connectivity index (χ2n) is 10.8. The van der Waals surface area contributed by atoms with Gasteiger partial charge >= 0.3 is 6.09 Å². The van der Waals surface area contributed by atoms with E-state index in [1.807, 2.05) is 20.8 Å². The number of hydrogen-bond acceptors (Lipinski definition) is 7. The first-order chi connectivity index (χ1) is 17.4. The van der Waals surface area contributed by atoms with E-state index in [0.29, 0.717) is 38.5 Å². The molecule has 1 unspecified atom stereocenters. The number of anilines is 1. The van der Waals surface area contributed by atoms with Crippen LogP contribution in [0.25, 0.3) is 20.8 Å². The summed E-state index contributed by atoms with van der Waals surface area (Å²) in [4.78, 5) is 33.5. The molecule has 0 saturated carbocycles. The molecule has 37 heavy (non-hydrogen) atoms. The van der Waals surface area contributed by atoms with Crippen LogP contribution in [0.2, 0.25) is 0 Å². The van der Waals surface area contributed by atoms with Crippen molar-refractivity contribution in [2.45, 2.75) is 85.9 Å². The topological polar surface area (TPSA) is 83.6 Å². The van der Waals surface area contributed by atoms with Gasteiger partial charge in [0.05, 0.1) is 16.8 Å². The van der Waals surface area contributed by atoms with E-state index in [1.165, 1.54) is 16.7 Å². The van der Waals surface area contributed by atoms with Gasteiger partial charge in [0.15, 0.2) is 0 Å². The summed E-state index contributed by atoms with van der Waals surface area (Å²) in [5.74, 6) is -0.0209. The fourth-order valence-corrected chi connectivity index (χ4v) is 6.72. The number of rotatable bonds is 7. The largest absolute Gasteiger partial charge is 0.444 e. The molecule has 1 aliphatic heterocycles. The number of aryl methyl sites for hydroxylation is 2. The Kier molecular flexibility index (Phi) is 8.26. The molecule has 2 aromatic heterocycles. The Labute approximate surface area is 227 Å². The first-order valence-corrected chi connectivity index (χ1v) is 14.6. The molecule has 1 aromatic carbocycles. The average molecular weight is 543 g/mol. The van der Waals surface area contributed by atoms with E-state index < -0.39 is 5.60 Å². The van der Waals surface area contributed by atoms with Crippen LogP contribution in [-0.2, 0) is 22.5 Å². The monoisotopic (exact) mass is 542 g/mol. The molecule has 9 heteroatoms. The number of nitrogens with zero attached hydrogens (tertiary/aromatic N) is 2. The maximum absolute atomic E-state index is 12.9. The van der Waals surface area contributed by atoms with Crippen LogP contribution < -0.4 is 10.6 Å². The van der Waals surface area contributed by atoms with E-state index in [4.69, 9.17) is 9.72 Å². The molecular formula is C28H38N4O3S2. The molecular weight excluding hydrogens is 504 g/mol. The number of thiazole rings is 1. The number of carbonyl (C=O) groups excluding carboxylic acids is 2. The van der Waals surface area contributed by atoms with Gasteiger partial charge in [-0.05, 0) is 83.2 Å². The van der Waals surface area contributed by atoms with Crippen LogP contribution in [0.3, 0.4) is 0 Å². The molecule has 3 aromatic rings. The molecule has 4 rings (SSSR count). The molecule has 0 aliphatic carbocycles. The van der Waals surface area contributed by atoms with Gasteiger partial charge in [-0.25, -0.2) is 9.78 Å². The SMILES string of the molecule is CCC(C)NCCC(=O)Nc1sc2c(c1-c1nc3cc(C)c(C)cc3s1)CCN(C(=O)OC(C)(C)C)C2. The van der Waals surface area contributed by atoms with Crippen molar-refractivity contribution >= 4 is 49.9 Å². The lowest BCUT2D eigenvalue weighted by atomic mass is 10.0. The van der Waals surface area contributed by atoms with E-state index in [0.717, 1.165) is 37.1 Å². The van der Waals surface area contributed by atoms with Gasteiger partial charge in [0.25, 0.3) is 0 Å². The molecule has 200 valence electrons. The number of carbonyl (C=O) groups is 2. The number of nitrogens with one attached hydrogen (secondary N) is 2. The summed E-state index contributed by atoms with van der Waals surface area (Å²) in [7, 11) is 0. The third-order valence-corrected chi connectivity index (χ3v) is 8.80. The average Bonchev–Trinajstić information content (AvgIpc) is 3.37. The van der Waals surface area contributed by atoms with Gasteiger partial charge in [0, 0.05) is 36.0 Å². The summed E-state index contributed by atoms with van der Waals surface area (Å²) in [6, 6.07) is 4.70. The second-order valence-corrected chi connectivity index (χ2v) is 13.0. The minimum absolute atomic E-state index is 0.0209. The summed E-state index contributed by atoms with van der Waals surface area (Å²) in [6.07, 6.45) is 1.81. The van der Waals surface area contributed by atoms with Crippen LogP contribution in [0.15, 0.2) is 12.1 Å². The molecule has 0 bridgehead atoms. The van der Waals surface area contributed by atoms with Crippen molar-refractivity contribution in [3.8, 4) is 10.6 Å². The third kappa shape index (κ3) is 6.51. The fourth-order valence-electron chi connectivity index (χ4n) is 4.25. The Balaban J connectivity index is 1.65. The standard InChI is InChI=1S/C28H38N4O3S2/c1-8-18(4)29-11-9-23(33)31-26-24(25-30-20-13-16(2)17(3)14-21(20)36-25)19-10-12-32(15-22(19)37-26)27(34)35-28(5,6)7/h13-14,18,29H,8-12,15H2,1-7H3,(H,31,33). The lowest BCUT2D eigenvalue weighted by Gasteiger charge is -2.30. The maximum Gasteiger partial charge on any atom is 0.410 e. The van der Waals surface area contributed by atoms with Crippen LogP contribution in [0, 0.1) is 13.8 Å². The number of ether oxygens (including phenoxy) is 1. The summed E-state index contributed by atoms with van der Waals surface area (Å²) in [5.41, 5.74) is 5.06. The molecule has 1 atom stereocenters. The van der Waals surface area contributed by atoms with Crippen LogP contribution in [0.4, 0.5) is 9.80 Å². The Hall–Kier alpha value is -2.49. The summed E-state index contributed by atoms with van der Waals surface area (Å²) >= 11 is 3.21. The van der Waals surface area contributed by atoms with Gasteiger partial charge in [0.1, 0.15) is 15.6 Å². The molecule has 0 saturated heterocycles. The minimum atomic E-state index is -0.544. The number of thiophene rings is 1. The van der Waals surface area contributed by atoms with E-state index in [-0.39, 0.29) is 12.0 Å². The van der Waals surface area contributed by atoms with Gasteiger partial charge in [0.2, 0.25) is 5.91 Å².